The third kappa shape index (κ3) is 3.14. The molecule has 0 unspecified atom stereocenters. The molecule has 0 aromatic heterocycles. The van der Waals surface area contributed by atoms with E-state index >= 15 is 0 Å². The van der Waals surface area contributed by atoms with Crippen LogP contribution in [0.25, 0.3) is 0 Å². The van der Waals surface area contributed by atoms with E-state index in [9.17, 15) is 13.6 Å². The number of carbonyl (C=O) groups excluding carboxylic acids is 1. The average Bonchev–Trinajstić information content (AvgIpc) is 2.19. The Morgan fingerprint density at radius 2 is 2.06 bits per heavy atom. The van der Waals surface area contributed by atoms with Crippen LogP contribution in [-0.2, 0) is 4.79 Å². The first-order chi connectivity index (χ1) is 7.54. The molecule has 0 fully saturated rings. The number of nitrogens with zero attached hydrogens (tertiary/aromatic N) is 1. The lowest BCUT2D eigenvalue weighted by atomic mass is 10.2. The van der Waals surface area contributed by atoms with Crippen molar-refractivity contribution < 1.29 is 18.3 Å². The zero-order valence-electron chi connectivity index (χ0n) is 8.91. The third-order valence-corrected chi connectivity index (χ3v) is 1.77. The summed E-state index contributed by atoms with van der Waals surface area (Å²) in [5.74, 6) is 0.106. The summed E-state index contributed by atoms with van der Waals surface area (Å²) in [7, 11) is 0. The molecule has 5 heteroatoms. The van der Waals surface area contributed by atoms with Crippen LogP contribution in [-0.4, -0.2) is 12.2 Å². The Bertz CT molecular complexity index is 412. The van der Waals surface area contributed by atoms with Crippen LogP contribution in [0.15, 0.2) is 23.2 Å². The number of isocyanates is 1. The molecule has 0 amide bonds. The Hall–Kier alpha value is -1.74. The van der Waals surface area contributed by atoms with Gasteiger partial charge in [-0.25, -0.2) is 13.6 Å². The maximum Gasteiger partial charge on any atom is 0.267 e. The minimum Gasteiger partial charge on any atom is -0.491 e. The summed E-state index contributed by atoms with van der Waals surface area (Å²) in [5.41, 5.74) is -0.133. The van der Waals surface area contributed by atoms with E-state index in [1.165, 1.54) is 18.2 Å². The lowest BCUT2D eigenvalue weighted by molar-refractivity contribution is 0.141. The molecule has 1 aromatic rings. The third-order valence-electron chi connectivity index (χ3n) is 1.77. The summed E-state index contributed by atoms with van der Waals surface area (Å²) in [5, 5.41) is 0. The summed E-state index contributed by atoms with van der Waals surface area (Å²) in [6.45, 7) is 3.49. The molecule has 0 radical (unpaired) electrons. The lowest BCUT2D eigenvalue weighted by Gasteiger charge is -2.13. The smallest absolute Gasteiger partial charge is 0.267 e. The van der Waals surface area contributed by atoms with E-state index in [0.717, 1.165) is 6.07 Å². The van der Waals surface area contributed by atoms with Gasteiger partial charge in [-0.05, 0) is 32.0 Å². The predicted octanol–water partition coefficient (Wildman–Crippen LogP) is 3.38. The van der Waals surface area contributed by atoms with Crippen LogP contribution in [0.5, 0.6) is 5.75 Å². The van der Waals surface area contributed by atoms with Gasteiger partial charge in [0, 0.05) is 0 Å². The van der Waals surface area contributed by atoms with E-state index in [4.69, 9.17) is 4.74 Å². The van der Waals surface area contributed by atoms with Gasteiger partial charge in [0.2, 0.25) is 6.08 Å². The van der Waals surface area contributed by atoms with Gasteiger partial charge in [0.15, 0.2) is 0 Å². The Labute approximate surface area is 91.8 Å². The highest BCUT2D eigenvalue weighted by Gasteiger charge is 2.15. The number of benzene rings is 1. The molecule has 3 nitrogen and oxygen atoms in total. The number of alkyl halides is 2. The Morgan fingerprint density at radius 1 is 1.38 bits per heavy atom. The number of hydrogen-bond acceptors (Lipinski definition) is 3. The second-order valence-corrected chi connectivity index (χ2v) is 3.39. The van der Waals surface area contributed by atoms with Gasteiger partial charge in [-0.15, -0.1) is 0 Å². The molecule has 0 aliphatic rings. The number of ether oxygens (including phenoxy) is 1. The van der Waals surface area contributed by atoms with Gasteiger partial charge in [-0.1, -0.05) is 0 Å². The van der Waals surface area contributed by atoms with Crippen molar-refractivity contribution in [2.75, 3.05) is 0 Å². The molecule has 1 aromatic carbocycles. The number of aliphatic imine (C=N–C) groups is 1. The molecule has 0 saturated carbocycles. The van der Waals surface area contributed by atoms with Gasteiger partial charge in [0.25, 0.3) is 6.43 Å². The standard InChI is InChI=1S/C11H11F2NO2/c1-7(2)16-10-4-3-8(14-6-15)5-9(10)11(12)13/h3-5,7,11H,1-2H3. The van der Waals surface area contributed by atoms with E-state index < -0.39 is 6.43 Å². The van der Waals surface area contributed by atoms with Gasteiger partial charge in [0.1, 0.15) is 5.75 Å². The highest BCUT2D eigenvalue weighted by molar-refractivity contribution is 5.53. The SMILES string of the molecule is CC(C)Oc1ccc(N=C=O)cc1C(F)F. The average molecular weight is 227 g/mol. The van der Waals surface area contributed by atoms with Crippen molar-refractivity contribution >= 4 is 11.8 Å². The first-order valence-corrected chi connectivity index (χ1v) is 4.71. The van der Waals surface area contributed by atoms with Gasteiger partial charge in [-0.3, -0.25) is 0 Å². The summed E-state index contributed by atoms with van der Waals surface area (Å²) in [6, 6.07) is 3.92. The van der Waals surface area contributed by atoms with Crippen LogP contribution in [0, 0.1) is 0 Å². The van der Waals surface area contributed by atoms with Crippen molar-refractivity contribution in [1.82, 2.24) is 0 Å². The minimum absolute atomic E-state index is 0.106. The molecule has 0 aliphatic carbocycles. The van der Waals surface area contributed by atoms with Gasteiger partial charge < -0.3 is 4.74 Å². The fourth-order valence-corrected chi connectivity index (χ4v) is 1.19. The van der Waals surface area contributed by atoms with Crippen LogP contribution in [0.4, 0.5) is 14.5 Å². The van der Waals surface area contributed by atoms with Gasteiger partial charge in [-0.2, -0.15) is 4.99 Å². The van der Waals surface area contributed by atoms with Crippen LogP contribution in [0.3, 0.4) is 0 Å². The molecule has 1 rings (SSSR count). The van der Waals surface area contributed by atoms with Crippen LogP contribution in [0.1, 0.15) is 25.8 Å². The van der Waals surface area contributed by atoms with Crippen molar-refractivity contribution in [3.05, 3.63) is 23.8 Å². The van der Waals surface area contributed by atoms with Crippen molar-refractivity contribution in [1.29, 1.82) is 0 Å². The zero-order valence-corrected chi connectivity index (χ0v) is 8.91. The van der Waals surface area contributed by atoms with E-state index in [1.54, 1.807) is 13.8 Å². The summed E-state index contributed by atoms with van der Waals surface area (Å²) in [4.78, 5) is 13.3. The fraction of sp³-hybridized carbons (Fsp3) is 0.364. The maximum absolute atomic E-state index is 12.7. The Kier molecular flexibility index (Phi) is 4.14. The van der Waals surface area contributed by atoms with Crippen LogP contribution < -0.4 is 4.74 Å². The number of hydrogen-bond donors (Lipinski definition) is 0. The first kappa shape index (κ1) is 12.3. The minimum atomic E-state index is -2.67. The topological polar surface area (TPSA) is 38.7 Å². The summed E-state index contributed by atoms with van der Waals surface area (Å²) in [6.07, 6.45) is -1.57. The normalized spacial score (nSPS) is 10.4. The molecule has 0 aliphatic heterocycles. The molecule has 0 N–H and O–H groups in total. The van der Waals surface area contributed by atoms with Crippen molar-refractivity contribution in [3.8, 4) is 5.75 Å². The zero-order chi connectivity index (χ0) is 12.1. The fourth-order valence-electron chi connectivity index (χ4n) is 1.19. The Morgan fingerprint density at radius 3 is 2.56 bits per heavy atom. The molecule has 0 saturated heterocycles. The summed E-state index contributed by atoms with van der Waals surface area (Å²) >= 11 is 0. The summed E-state index contributed by atoms with van der Waals surface area (Å²) < 4.78 is 30.6. The predicted molar refractivity (Wildman–Crippen MR) is 54.9 cm³/mol. The maximum atomic E-state index is 12.7. The quantitative estimate of drug-likeness (QED) is 0.584. The van der Waals surface area contributed by atoms with E-state index in [-0.39, 0.29) is 23.1 Å². The van der Waals surface area contributed by atoms with Crippen LogP contribution in [0.2, 0.25) is 0 Å². The largest absolute Gasteiger partial charge is 0.491 e. The molecule has 0 atom stereocenters. The van der Waals surface area contributed by atoms with Crippen molar-refractivity contribution in [3.63, 3.8) is 0 Å². The van der Waals surface area contributed by atoms with E-state index in [2.05, 4.69) is 4.99 Å². The molecule has 0 heterocycles. The highest BCUT2D eigenvalue weighted by Crippen LogP contribution is 2.32. The lowest BCUT2D eigenvalue weighted by Crippen LogP contribution is -2.07. The number of rotatable bonds is 4. The number of halogens is 2. The van der Waals surface area contributed by atoms with Crippen molar-refractivity contribution in [2.45, 2.75) is 26.4 Å². The first-order valence-electron chi connectivity index (χ1n) is 4.71. The Balaban J connectivity index is 3.13. The van der Waals surface area contributed by atoms with Crippen molar-refractivity contribution in [2.24, 2.45) is 4.99 Å². The molecule has 86 valence electrons. The van der Waals surface area contributed by atoms with Gasteiger partial charge in [0.05, 0.1) is 17.4 Å². The molecule has 0 bridgehead atoms. The second-order valence-electron chi connectivity index (χ2n) is 3.39. The molecule has 0 spiro atoms. The molecular formula is C11H11F2NO2. The highest BCUT2D eigenvalue weighted by atomic mass is 19.3. The second kappa shape index (κ2) is 5.37. The van der Waals surface area contributed by atoms with E-state index in [1.807, 2.05) is 0 Å². The molecular weight excluding hydrogens is 216 g/mol. The monoisotopic (exact) mass is 227 g/mol. The van der Waals surface area contributed by atoms with Crippen LogP contribution >= 0.6 is 0 Å². The molecule has 16 heavy (non-hydrogen) atoms. The van der Waals surface area contributed by atoms with E-state index in [0.29, 0.717) is 0 Å². The van der Waals surface area contributed by atoms with Gasteiger partial charge >= 0.3 is 0 Å².